The minimum atomic E-state index is -0.498. The summed E-state index contributed by atoms with van der Waals surface area (Å²) in [6.07, 6.45) is 2.63. The number of nitrogens with zero attached hydrogens (tertiary/aromatic N) is 3. The second kappa shape index (κ2) is 7.59. The van der Waals surface area contributed by atoms with Gasteiger partial charge >= 0.3 is 0 Å². The predicted molar refractivity (Wildman–Crippen MR) is 90.8 cm³/mol. The van der Waals surface area contributed by atoms with Crippen LogP contribution in [-0.2, 0) is 11.2 Å². The van der Waals surface area contributed by atoms with Crippen LogP contribution < -0.4 is 10.1 Å². The molecule has 124 valence electrons. The van der Waals surface area contributed by atoms with E-state index < -0.39 is 6.10 Å². The molecule has 24 heavy (non-hydrogen) atoms. The molecule has 0 saturated heterocycles. The molecule has 0 spiro atoms. The maximum atomic E-state index is 12.3. The lowest BCUT2D eigenvalue weighted by Crippen LogP contribution is -2.39. The number of carbonyl (C=O) groups is 1. The quantitative estimate of drug-likeness (QED) is 0.724. The molecule has 3 aromatic rings. The Hall–Kier alpha value is -2.89. The normalized spacial score (nSPS) is 12.0. The molecule has 2 aromatic heterocycles. The second-order valence-corrected chi connectivity index (χ2v) is 5.41. The van der Waals surface area contributed by atoms with Crippen molar-refractivity contribution in [3.63, 3.8) is 0 Å². The Kier molecular flexibility index (Phi) is 5.05. The van der Waals surface area contributed by atoms with Crippen molar-refractivity contribution in [2.45, 2.75) is 25.9 Å². The van der Waals surface area contributed by atoms with E-state index in [9.17, 15) is 4.79 Å². The topological polar surface area (TPSA) is 68.5 Å². The highest BCUT2D eigenvalue weighted by Gasteiger charge is 2.18. The summed E-state index contributed by atoms with van der Waals surface area (Å²) in [6, 6.07) is 15.1. The molecule has 0 unspecified atom stereocenters. The van der Waals surface area contributed by atoms with Gasteiger partial charge in [-0.25, -0.2) is 0 Å². The van der Waals surface area contributed by atoms with E-state index in [1.165, 1.54) is 0 Å². The van der Waals surface area contributed by atoms with E-state index in [4.69, 9.17) is 4.74 Å². The van der Waals surface area contributed by atoms with Crippen molar-refractivity contribution in [2.24, 2.45) is 0 Å². The van der Waals surface area contributed by atoms with E-state index in [0.717, 1.165) is 11.5 Å². The third-order valence-corrected chi connectivity index (χ3v) is 3.72. The van der Waals surface area contributed by atoms with Gasteiger partial charge in [-0.3, -0.25) is 9.20 Å². The summed E-state index contributed by atoms with van der Waals surface area (Å²) in [5, 5.41) is 11.2. The molecule has 1 N–H and O–H groups in total. The molecule has 6 nitrogen and oxygen atoms in total. The number of nitrogens with one attached hydrogen (secondary N) is 1. The predicted octanol–water partition coefficient (Wildman–Crippen LogP) is 2.25. The van der Waals surface area contributed by atoms with Crippen molar-refractivity contribution in [2.75, 3.05) is 6.54 Å². The first-order valence-electron chi connectivity index (χ1n) is 8.06. The first-order valence-corrected chi connectivity index (χ1v) is 8.06. The van der Waals surface area contributed by atoms with Crippen LogP contribution in [0.4, 0.5) is 0 Å². The van der Waals surface area contributed by atoms with Crippen LogP contribution in [0.1, 0.15) is 19.2 Å². The number of amides is 1. The highest BCUT2D eigenvalue weighted by atomic mass is 16.5. The maximum Gasteiger partial charge on any atom is 0.261 e. The number of carbonyl (C=O) groups excluding carboxylic acids is 1. The van der Waals surface area contributed by atoms with E-state index in [-0.39, 0.29) is 5.91 Å². The zero-order valence-corrected chi connectivity index (χ0v) is 13.6. The lowest BCUT2D eigenvalue weighted by Gasteiger charge is -2.17. The molecule has 1 aromatic carbocycles. The summed E-state index contributed by atoms with van der Waals surface area (Å²) >= 11 is 0. The van der Waals surface area contributed by atoms with Gasteiger partial charge < -0.3 is 10.1 Å². The fourth-order valence-electron chi connectivity index (χ4n) is 2.46. The molecule has 0 aliphatic rings. The number of hydrogen-bond donors (Lipinski definition) is 1. The van der Waals surface area contributed by atoms with E-state index in [2.05, 4.69) is 15.5 Å². The van der Waals surface area contributed by atoms with Crippen LogP contribution >= 0.6 is 0 Å². The maximum absolute atomic E-state index is 12.3. The van der Waals surface area contributed by atoms with Crippen molar-refractivity contribution in [1.29, 1.82) is 0 Å². The van der Waals surface area contributed by atoms with Crippen LogP contribution in [-0.4, -0.2) is 33.2 Å². The van der Waals surface area contributed by atoms with Gasteiger partial charge in [0.15, 0.2) is 11.8 Å². The number of benzene rings is 1. The number of fused-ring (bicyclic) bond motifs is 1. The molecule has 1 amide bonds. The zero-order valence-electron chi connectivity index (χ0n) is 13.6. The van der Waals surface area contributed by atoms with Gasteiger partial charge in [0.05, 0.1) is 0 Å². The minimum Gasteiger partial charge on any atom is -0.481 e. The van der Waals surface area contributed by atoms with Gasteiger partial charge in [0, 0.05) is 19.2 Å². The highest BCUT2D eigenvalue weighted by molar-refractivity contribution is 5.81. The lowest BCUT2D eigenvalue weighted by molar-refractivity contribution is -0.128. The van der Waals surface area contributed by atoms with E-state index >= 15 is 0 Å². The summed E-state index contributed by atoms with van der Waals surface area (Å²) in [4.78, 5) is 12.3. The average Bonchev–Trinajstić information content (AvgIpc) is 3.04. The molecule has 0 fully saturated rings. The second-order valence-electron chi connectivity index (χ2n) is 5.41. The first kappa shape index (κ1) is 16.0. The fraction of sp³-hybridized carbons (Fsp3) is 0.278. The molecular weight excluding hydrogens is 304 g/mol. The van der Waals surface area contributed by atoms with Crippen molar-refractivity contribution < 1.29 is 9.53 Å². The summed E-state index contributed by atoms with van der Waals surface area (Å²) in [6.45, 7) is 2.42. The van der Waals surface area contributed by atoms with E-state index in [1.54, 1.807) is 0 Å². The Balaban J connectivity index is 1.54. The Labute approximate surface area is 140 Å². The van der Waals surface area contributed by atoms with E-state index in [1.807, 2.05) is 66.1 Å². The van der Waals surface area contributed by atoms with Crippen molar-refractivity contribution >= 4 is 11.6 Å². The number of hydrogen-bond acceptors (Lipinski definition) is 4. The molecule has 0 aliphatic heterocycles. The number of rotatable bonds is 7. The summed E-state index contributed by atoms with van der Waals surface area (Å²) in [5.41, 5.74) is 0.803. The largest absolute Gasteiger partial charge is 0.481 e. The van der Waals surface area contributed by atoms with Gasteiger partial charge in [-0.15, -0.1) is 10.2 Å². The lowest BCUT2D eigenvalue weighted by atomic mass is 10.2. The number of para-hydroxylation sites is 1. The van der Waals surface area contributed by atoms with Crippen LogP contribution in [0.2, 0.25) is 0 Å². The van der Waals surface area contributed by atoms with Crippen LogP contribution in [0.3, 0.4) is 0 Å². The molecule has 1 atom stereocenters. The standard InChI is InChI=1S/C18H20N4O2/c1-2-15(24-14-8-4-3-5-9-14)18(23)19-12-11-17-21-20-16-10-6-7-13-22(16)17/h3-10,13,15H,2,11-12H2,1H3,(H,19,23)/t15-/m0/s1. The highest BCUT2D eigenvalue weighted by Crippen LogP contribution is 2.12. The van der Waals surface area contributed by atoms with Crippen molar-refractivity contribution in [1.82, 2.24) is 19.9 Å². The summed E-state index contributed by atoms with van der Waals surface area (Å²) in [5.74, 6) is 1.40. The van der Waals surface area contributed by atoms with E-state index in [0.29, 0.717) is 25.1 Å². The number of ether oxygens (including phenoxy) is 1. The van der Waals surface area contributed by atoms with Gasteiger partial charge in [0.2, 0.25) is 0 Å². The smallest absolute Gasteiger partial charge is 0.261 e. The van der Waals surface area contributed by atoms with Gasteiger partial charge in [0.25, 0.3) is 5.91 Å². The van der Waals surface area contributed by atoms with Crippen LogP contribution in [0.5, 0.6) is 5.75 Å². The van der Waals surface area contributed by atoms with Crippen LogP contribution in [0.15, 0.2) is 54.7 Å². The molecule has 6 heteroatoms. The third kappa shape index (κ3) is 3.71. The van der Waals surface area contributed by atoms with Gasteiger partial charge in [0.1, 0.15) is 11.6 Å². The Morgan fingerprint density at radius 3 is 2.75 bits per heavy atom. The minimum absolute atomic E-state index is 0.116. The van der Waals surface area contributed by atoms with Crippen LogP contribution in [0, 0.1) is 0 Å². The molecule has 0 aliphatic carbocycles. The molecule has 0 radical (unpaired) electrons. The Morgan fingerprint density at radius 1 is 1.17 bits per heavy atom. The Morgan fingerprint density at radius 2 is 1.96 bits per heavy atom. The van der Waals surface area contributed by atoms with Gasteiger partial charge in [-0.1, -0.05) is 31.2 Å². The Bertz CT molecular complexity index is 801. The van der Waals surface area contributed by atoms with Crippen molar-refractivity contribution in [3.05, 3.63) is 60.6 Å². The van der Waals surface area contributed by atoms with Crippen LogP contribution in [0.25, 0.3) is 5.65 Å². The molecule has 0 bridgehead atoms. The summed E-state index contributed by atoms with van der Waals surface area (Å²) < 4.78 is 7.66. The first-order chi connectivity index (χ1) is 11.8. The zero-order chi connectivity index (χ0) is 16.8. The van der Waals surface area contributed by atoms with Gasteiger partial charge in [-0.05, 0) is 30.7 Å². The summed E-state index contributed by atoms with van der Waals surface area (Å²) in [7, 11) is 0. The molecule has 2 heterocycles. The fourth-order valence-corrected chi connectivity index (χ4v) is 2.46. The van der Waals surface area contributed by atoms with Gasteiger partial charge in [-0.2, -0.15) is 0 Å². The average molecular weight is 324 g/mol. The molecule has 3 rings (SSSR count). The monoisotopic (exact) mass is 324 g/mol. The molecule has 0 saturated carbocycles. The molecular formula is C18H20N4O2. The number of aromatic nitrogens is 3. The van der Waals surface area contributed by atoms with Crippen molar-refractivity contribution in [3.8, 4) is 5.75 Å². The SMILES string of the molecule is CC[C@H](Oc1ccccc1)C(=O)NCCc1nnc2ccccn12. The number of pyridine rings is 1. The third-order valence-electron chi connectivity index (χ3n) is 3.72.